The molecule has 0 bridgehead atoms. The molecule has 1 heterocycles. The lowest BCUT2D eigenvalue weighted by atomic mass is 10.1. The van der Waals surface area contributed by atoms with Gasteiger partial charge in [-0.2, -0.15) is 0 Å². The minimum Gasteiger partial charge on any atom is -0.455 e. The fourth-order valence-corrected chi connectivity index (χ4v) is 6.56. The van der Waals surface area contributed by atoms with Crippen LogP contribution < -0.4 is 0 Å². The van der Waals surface area contributed by atoms with Gasteiger partial charge in [0.25, 0.3) is 5.91 Å². The molecule has 0 aromatic heterocycles. The Balaban J connectivity index is 1.26. The highest BCUT2D eigenvalue weighted by Crippen LogP contribution is 2.32. The van der Waals surface area contributed by atoms with E-state index in [4.69, 9.17) is 4.74 Å². The summed E-state index contributed by atoms with van der Waals surface area (Å²) in [6.45, 7) is -0.309. The van der Waals surface area contributed by atoms with E-state index in [9.17, 15) is 18.0 Å². The predicted octanol–water partition coefficient (Wildman–Crippen LogP) is 1.99. The quantitative estimate of drug-likeness (QED) is 0.493. The molecule has 28 heavy (non-hydrogen) atoms. The highest BCUT2D eigenvalue weighted by atomic mass is 32.2. The van der Waals surface area contributed by atoms with Gasteiger partial charge in [-0.1, -0.05) is 6.07 Å². The fourth-order valence-electron chi connectivity index (χ4n) is 4.09. The van der Waals surface area contributed by atoms with Crippen molar-refractivity contribution in [1.82, 2.24) is 4.90 Å². The predicted molar refractivity (Wildman–Crippen MR) is 107 cm³/mol. The Morgan fingerprint density at radius 3 is 2.61 bits per heavy atom. The minimum absolute atomic E-state index is 0.0252. The van der Waals surface area contributed by atoms with E-state index < -0.39 is 15.8 Å². The summed E-state index contributed by atoms with van der Waals surface area (Å²) in [6.07, 6.45) is 5.68. The van der Waals surface area contributed by atoms with Crippen LogP contribution in [0.25, 0.3) is 0 Å². The average Bonchev–Trinajstić information content (AvgIpc) is 3.26. The molecule has 1 atom stereocenters. The van der Waals surface area contributed by atoms with E-state index in [1.165, 1.54) is 29.3 Å². The van der Waals surface area contributed by atoms with Crippen molar-refractivity contribution in [2.45, 2.75) is 55.5 Å². The summed E-state index contributed by atoms with van der Waals surface area (Å²) in [7, 11) is -3.06. The molecule has 4 rings (SSSR count). The van der Waals surface area contributed by atoms with Crippen LogP contribution in [0.1, 0.15) is 36.8 Å². The Kier molecular flexibility index (Phi) is 5.69. The highest BCUT2D eigenvalue weighted by Gasteiger charge is 2.42. The molecule has 0 spiro atoms. The average molecular weight is 424 g/mol. The first-order valence-electron chi connectivity index (χ1n) is 9.83. The monoisotopic (exact) mass is 423 g/mol. The Hall–Kier alpha value is -1.54. The third-order valence-corrected chi connectivity index (χ3v) is 8.33. The third-order valence-electron chi connectivity index (χ3n) is 5.61. The van der Waals surface area contributed by atoms with Gasteiger partial charge in [-0.3, -0.25) is 9.59 Å². The zero-order chi connectivity index (χ0) is 19.7. The van der Waals surface area contributed by atoms with Crippen molar-refractivity contribution in [2.75, 3.05) is 23.9 Å². The molecule has 152 valence electrons. The van der Waals surface area contributed by atoms with Gasteiger partial charge in [-0.15, -0.1) is 11.8 Å². The number of hydrogen-bond donors (Lipinski definition) is 0. The number of carbonyl (C=O) groups is 2. The van der Waals surface area contributed by atoms with Gasteiger partial charge in [0, 0.05) is 17.0 Å². The summed E-state index contributed by atoms with van der Waals surface area (Å²) < 4.78 is 28.7. The van der Waals surface area contributed by atoms with Crippen LogP contribution in [0.2, 0.25) is 0 Å². The van der Waals surface area contributed by atoms with E-state index in [1.54, 1.807) is 4.90 Å². The fraction of sp³-hybridized carbons (Fsp3) is 0.600. The first kappa shape index (κ1) is 19.8. The highest BCUT2D eigenvalue weighted by molar-refractivity contribution is 8.00. The molecule has 6 nitrogen and oxygen atoms in total. The summed E-state index contributed by atoms with van der Waals surface area (Å²) in [5.41, 5.74) is 2.76. The lowest BCUT2D eigenvalue weighted by molar-refractivity contribution is -0.151. The van der Waals surface area contributed by atoms with Crippen molar-refractivity contribution >= 4 is 33.5 Å². The van der Waals surface area contributed by atoms with E-state index >= 15 is 0 Å². The first-order chi connectivity index (χ1) is 13.4. The van der Waals surface area contributed by atoms with Gasteiger partial charge in [0.05, 0.1) is 17.3 Å². The molecule has 1 saturated heterocycles. The maximum atomic E-state index is 12.6. The van der Waals surface area contributed by atoms with Crippen LogP contribution in [0.5, 0.6) is 0 Å². The normalized spacial score (nSPS) is 22.6. The minimum atomic E-state index is -3.06. The van der Waals surface area contributed by atoms with Crippen LogP contribution in [-0.2, 0) is 37.0 Å². The van der Waals surface area contributed by atoms with E-state index in [0.29, 0.717) is 6.42 Å². The zero-order valence-electron chi connectivity index (χ0n) is 15.8. The Morgan fingerprint density at radius 1 is 1.11 bits per heavy atom. The lowest BCUT2D eigenvalue weighted by Crippen LogP contribution is -2.44. The van der Waals surface area contributed by atoms with E-state index in [2.05, 4.69) is 12.1 Å². The summed E-state index contributed by atoms with van der Waals surface area (Å²) in [5, 5.41) is 0. The molecule has 0 unspecified atom stereocenters. The molecule has 1 saturated carbocycles. The van der Waals surface area contributed by atoms with Crippen LogP contribution in [0.3, 0.4) is 0 Å². The maximum Gasteiger partial charge on any atom is 0.316 e. The Labute approximate surface area is 169 Å². The number of rotatable bonds is 7. The number of hydrogen-bond acceptors (Lipinski definition) is 6. The smallest absolute Gasteiger partial charge is 0.316 e. The van der Waals surface area contributed by atoms with Crippen molar-refractivity contribution in [3.63, 3.8) is 0 Å². The second-order valence-corrected chi connectivity index (χ2v) is 11.1. The molecule has 1 amide bonds. The summed E-state index contributed by atoms with van der Waals surface area (Å²) in [6, 6.07) is 6.13. The Bertz CT molecular complexity index is 879. The topological polar surface area (TPSA) is 80.8 Å². The number of ether oxygens (including phenoxy) is 1. The van der Waals surface area contributed by atoms with Crippen molar-refractivity contribution in [3.8, 4) is 0 Å². The SMILES string of the molecule is O=C(CSc1ccc2c(c1)CCC2)OCC(=O)N(C1CC1)[C@@H]1CCS(=O)(=O)C1. The van der Waals surface area contributed by atoms with E-state index in [-0.39, 0.29) is 41.9 Å². The van der Waals surface area contributed by atoms with E-state index in [0.717, 1.165) is 30.6 Å². The van der Waals surface area contributed by atoms with Gasteiger partial charge in [0.15, 0.2) is 16.4 Å². The summed E-state index contributed by atoms with van der Waals surface area (Å²) in [5.74, 6) is -0.384. The number of sulfone groups is 1. The number of nitrogens with zero attached hydrogens (tertiary/aromatic N) is 1. The van der Waals surface area contributed by atoms with Crippen molar-refractivity contribution in [2.24, 2.45) is 0 Å². The molecular formula is C20H25NO5S2. The van der Waals surface area contributed by atoms with Crippen LogP contribution in [-0.4, -0.2) is 61.1 Å². The number of aryl methyl sites for hydroxylation is 2. The molecule has 1 aromatic carbocycles. The number of benzene rings is 1. The number of amides is 1. The van der Waals surface area contributed by atoms with Crippen LogP contribution in [0, 0.1) is 0 Å². The van der Waals surface area contributed by atoms with Crippen LogP contribution in [0.15, 0.2) is 23.1 Å². The molecular weight excluding hydrogens is 398 g/mol. The molecule has 2 fully saturated rings. The Morgan fingerprint density at radius 2 is 1.89 bits per heavy atom. The van der Waals surface area contributed by atoms with Crippen LogP contribution >= 0.6 is 11.8 Å². The molecule has 1 aliphatic heterocycles. The van der Waals surface area contributed by atoms with Crippen LogP contribution in [0.4, 0.5) is 0 Å². The van der Waals surface area contributed by atoms with Gasteiger partial charge in [0.2, 0.25) is 0 Å². The number of thioether (sulfide) groups is 1. The van der Waals surface area contributed by atoms with Gasteiger partial charge in [-0.05, 0) is 61.8 Å². The van der Waals surface area contributed by atoms with Gasteiger partial charge >= 0.3 is 5.97 Å². The molecule has 1 aromatic rings. The number of carbonyl (C=O) groups excluding carboxylic acids is 2. The molecule has 8 heteroatoms. The lowest BCUT2D eigenvalue weighted by Gasteiger charge is -2.28. The summed E-state index contributed by atoms with van der Waals surface area (Å²) >= 11 is 1.42. The number of esters is 1. The van der Waals surface area contributed by atoms with E-state index in [1.807, 2.05) is 6.07 Å². The third kappa shape index (κ3) is 4.71. The molecule has 3 aliphatic rings. The van der Waals surface area contributed by atoms with Gasteiger partial charge < -0.3 is 9.64 Å². The second-order valence-electron chi connectivity index (χ2n) is 7.82. The second kappa shape index (κ2) is 8.06. The van der Waals surface area contributed by atoms with Gasteiger partial charge in [-0.25, -0.2) is 8.42 Å². The molecule has 0 N–H and O–H groups in total. The van der Waals surface area contributed by atoms with Crippen molar-refractivity contribution in [1.29, 1.82) is 0 Å². The van der Waals surface area contributed by atoms with Crippen molar-refractivity contribution < 1.29 is 22.7 Å². The standard InChI is InChI=1S/C20H25NO5S2/c22-19(21(16-5-6-16)17-8-9-28(24,25)13-17)11-26-20(23)12-27-18-7-4-14-2-1-3-15(14)10-18/h4,7,10,16-17H,1-3,5-6,8-9,11-13H2/t17-/m1/s1. The largest absolute Gasteiger partial charge is 0.455 e. The zero-order valence-corrected chi connectivity index (χ0v) is 17.4. The molecule has 0 radical (unpaired) electrons. The summed E-state index contributed by atoms with van der Waals surface area (Å²) in [4.78, 5) is 27.4. The maximum absolute atomic E-state index is 12.6. The number of fused-ring (bicyclic) bond motifs is 1. The van der Waals surface area contributed by atoms with Crippen molar-refractivity contribution in [3.05, 3.63) is 29.3 Å². The molecule has 2 aliphatic carbocycles. The first-order valence-corrected chi connectivity index (χ1v) is 12.6. The van der Waals surface area contributed by atoms with Gasteiger partial charge in [0.1, 0.15) is 0 Å².